The molecule has 0 saturated carbocycles. The van der Waals surface area contributed by atoms with Crippen molar-refractivity contribution in [2.75, 3.05) is 36.5 Å². The molecule has 0 aliphatic carbocycles. The lowest BCUT2D eigenvalue weighted by molar-refractivity contribution is 0.122. The van der Waals surface area contributed by atoms with Gasteiger partial charge >= 0.3 is 0 Å². The molecule has 4 rings (SSSR count). The van der Waals surface area contributed by atoms with Crippen molar-refractivity contribution in [2.45, 2.75) is 16.3 Å². The molecule has 0 bridgehead atoms. The molecule has 0 atom stereocenters. The quantitative estimate of drug-likeness (QED) is 0.669. The Morgan fingerprint density at radius 1 is 0.793 bits per heavy atom. The number of rotatable bonds is 6. The summed E-state index contributed by atoms with van der Waals surface area (Å²) >= 11 is 0. The molecule has 1 heterocycles. The van der Waals surface area contributed by atoms with Crippen molar-refractivity contribution in [3.8, 4) is 0 Å². The summed E-state index contributed by atoms with van der Waals surface area (Å²) in [5, 5.41) is 3.31. The molecule has 1 aliphatic heterocycles. The van der Waals surface area contributed by atoms with Crippen molar-refractivity contribution in [1.29, 1.82) is 0 Å². The molecule has 0 radical (unpaired) electrons. The van der Waals surface area contributed by atoms with E-state index in [1.54, 1.807) is 36.4 Å². The highest BCUT2D eigenvalue weighted by molar-refractivity contribution is 7.91. The summed E-state index contributed by atoms with van der Waals surface area (Å²) in [5.74, 6) is 0. The van der Waals surface area contributed by atoms with Crippen LogP contribution in [0.4, 0.5) is 11.4 Å². The smallest absolute Gasteiger partial charge is 0.206 e. The third-order valence-electron chi connectivity index (χ3n) is 5.03. The van der Waals surface area contributed by atoms with Crippen molar-refractivity contribution < 1.29 is 13.2 Å². The minimum Gasteiger partial charge on any atom is -0.381 e. The Hall–Kier alpha value is -2.83. The second kappa shape index (κ2) is 8.68. The van der Waals surface area contributed by atoms with E-state index in [1.807, 2.05) is 42.5 Å². The zero-order valence-corrected chi connectivity index (χ0v) is 16.9. The largest absolute Gasteiger partial charge is 0.381 e. The molecule has 29 heavy (non-hydrogen) atoms. The number of benzene rings is 3. The molecule has 1 aliphatic rings. The summed E-state index contributed by atoms with van der Waals surface area (Å²) in [6.45, 7) is 3.73. The van der Waals surface area contributed by atoms with E-state index in [1.165, 1.54) is 5.56 Å². The van der Waals surface area contributed by atoms with Crippen LogP contribution in [-0.4, -0.2) is 34.7 Å². The topological polar surface area (TPSA) is 58.6 Å². The molecule has 1 saturated heterocycles. The summed E-state index contributed by atoms with van der Waals surface area (Å²) < 4.78 is 31.3. The van der Waals surface area contributed by atoms with Gasteiger partial charge in [-0.1, -0.05) is 30.3 Å². The van der Waals surface area contributed by atoms with E-state index in [-0.39, 0.29) is 0 Å². The molecule has 0 unspecified atom stereocenters. The first-order chi connectivity index (χ1) is 14.1. The Labute approximate surface area is 171 Å². The van der Waals surface area contributed by atoms with Gasteiger partial charge in [0.1, 0.15) is 0 Å². The van der Waals surface area contributed by atoms with Gasteiger partial charge in [0.15, 0.2) is 0 Å². The highest BCUT2D eigenvalue weighted by Crippen LogP contribution is 2.25. The van der Waals surface area contributed by atoms with Crippen LogP contribution in [0.5, 0.6) is 0 Å². The van der Waals surface area contributed by atoms with Crippen LogP contribution in [0.3, 0.4) is 0 Å². The van der Waals surface area contributed by atoms with Gasteiger partial charge in [0, 0.05) is 31.0 Å². The Morgan fingerprint density at radius 2 is 1.38 bits per heavy atom. The van der Waals surface area contributed by atoms with E-state index < -0.39 is 9.84 Å². The van der Waals surface area contributed by atoms with Crippen molar-refractivity contribution in [1.82, 2.24) is 0 Å². The molecule has 0 aromatic heterocycles. The number of sulfone groups is 1. The van der Waals surface area contributed by atoms with Crippen LogP contribution in [-0.2, 0) is 21.1 Å². The maximum atomic E-state index is 13.0. The van der Waals surface area contributed by atoms with Crippen LogP contribution in [0.15, 0.2) is 88.7 Å². The molecule has 5 nitrogen and oxygen atoms in total. The molecule has 3 aromatic rings. The van der Waals surface area contributed by atoms with Crippen molar-refractivity contribution in [3.05, 3.63) is 84.4 Å². The fraction of sp³-hybridized carbons (Fsp3) is 0.217. The van der Waals surface area contributed by atoms with Crippen LogP contribution in [0, 0.1) is 0 Å². The lowest BCUT2D eigenvalue weighted by atomic mass is 10.2. The first-order valence-corrected chi connectivity index (χ1v) is 11.2. The number of hydrogen-bond acceptors (Lipinski definition) is 5. The van der Waals surface area contributed by atoms with E-state index in [2.05, 4.69) is 10.2 Å². The second-order valence-corrected chi connectivity index (χ2v) is 8.91. The van der Waals surface area contributed by atoms with Crippen molar-refractivity contribution >= 4 is 21.2 Å². The summed E-state index contributed by atoms with van der Waals surface area (Å²) in [7, 11) is -3.54. The molecular formula is C23H24N2O3S. The third-order valence-corrected chi connectivity index (χ3v) is 6.81. The predicted molar refractivity (Wildman–Crippen MR) is 115 cm³/mol. The highest BCUT2D eigenvalue weighted by atomic mass is 32.2. The van der Waals surface area contributed by atoms with E-state index >= 15 is 0 Å². The van der Waals surface area contributed by atoms with Gasteiger partial charge in [-0.3, -0.25) is 0 Å². The number of morpholine rings is 1. The fourth-order valence-corrected chi connectivity index (χ4v) is 4.61. The zero-order chi connectivity index (χ0) is 20.1. The Bertz CT molecular complexity index is 1030. The number of ether oxygens (including phenoxy) is 1. The van der Waals surface area contributed by atoms with Crippen LogP contribution in [0.1, 0.15) is 5.56 Å². The van der Waals surface area contributed by atoms with Gasteiger partial charge in [0.05, 0.1) is 23.0 Å². The normalized spacial score (nSPS) is 14.6. The lowest BCUT2D eigenvalue weighted by Gasteiger charge is -2.28. The van der Waals surface area contributed by atoms with Crippen molar-refractivity contribution in [2.24, 2.45) is 0 Å². The van der Waals surface area contributed by atoms with Gasteiger partial charge in [-0.2, -0.15) is 0 Å². The van der Waals surface area contributed by atoms with Gasteiger partial charge in [0.2, 0.25) is 9.84 Å². The average Bonchev–Trinajstić information content (AvgIpc) is 2.79. The molecular weight excluding hydrogens is 384 g/mol. The van der Waals surface area contributed by atoms with Crippen LogP contribution < -0.4 is 10.2 Å². The zero-order valence-electron chi connectivity index (χ0n) is 16.1. The van der Waals surface area contributed by atoms with E-state index in [0.717, 1.165) is 24.5 Å². The standard InChI is InChI=1S/C23H24N2O3S/c26-29(27,23-12-8-21(9-13-23)25-14-16-28-17-15-25)22-10-6-20(7-11-22)24-18-19-4-2-1-3-5-19/h1-13,24H,14-18H2. The Morgan fingerprint density at radius 3 is 2.00 bits per heavy atom. The summed E-state index contributed by atoms with van der Waals surface area (Å²) in [4.78, 5) is 2.80. The van der Waals surface area contributed by atoms with Crippen LogP contribution in [0.2, 0.25) is 0 Å². The maximum absolute atomic E-state index is 13.0. The molecule has 6 heteroatoms. The minimum atomic E-state index is -3.54. The number of nitrogens with zero attached hydrogens (tertiary/aromatic N) is 1. The molecule has 1 N–H and O–H groups in total. The van der Waals surface area contributed by atoms with Gasteiger partial charge in [-0.05, 0) is 54.1 Å². The maximum Gasteiger partial charge on any atom is 0.206 e. The molecule has 0 spiro atoms. The SMILES string of the molecule is O=S(=O)(c1ccc(NCc2ccccc2)cc1)c1ccc(N2CCOCC2)cc1. The Balaban J connectivity index is 1.45. The highest BCUT2D eigenvalue weighted by Gasteiger charge is 2.18. The average molecular weight is 409 g/mol. The van der Waals surface area contributed by atoms with E-state index in [0.29, 0.717) is 29.5 Å². The van der Waals surface area contributed by atoms with Gasteiger partial charge in [-0.25, -0.2) is 8.42 Å². The first-order valence-electron chi connectivity index (χ1n) is 9.69. The summed E-state index contributed by atoms with van der Waals surface area (Å²) in [6.07, 6.45) is 0. The molecule has 150 valence electrons. The van der Waals surface area contributed by atoms with E-state index in [9.17, 15) is 8.42 Å². The monoisotopic (exact) mass is 408 g/mol. The molecule has 1 fully saturated rings. The van der Waals surface area contributed by atoms with E-state index in [4.69, 9.17) is 4.74 Å². The van der Waals surface area contributed by atoms with Gasteiger partial charge in [-0.15, -0.1) is 0 Å². The van der Waals surface area contributed by atoms with Crippen LogP contribution in [0.25, 0.3) is 0 Å². The number of hydrogen-bond donors (Lipinski definition) is 1. The first kappa shape index (κ1) is 19.5. The molecule has 3 aromatic carbocycles. The predicted octanol–water partition coefficient (Wildman–Crippen LogP) is 3.97. The van der Waals surface area contributed by atoms with Gasteiger partial charge < -0.3 is 15.0 Å². The second-order valence-electron chi connectivity index (χ2n) is 6.96. The third kappa shape index (κ3) is 4.60. The number of anilines is 2. The van der Waals surface area contributed by atoms with Gasteiger partial charge in [0.25, 0.3) is 0 Å². The lowest BCUT2D eigenvalue weighted by Crippen LogP contribution is -2.36. The summed E-state index contributed by atoms with van der Waals surface area (Å²) in [6, 6.07) is 24.1. The van der Waals surface area contributed by atoms with Crippen molar-refractivity contribution in [3.63, 3.8) is 0 Å². The minimum absolute atomic E-state index is 0.293. The molecule has 0 amide bonds. The number of nitrogens with one attached hydrogen (secondary N) is 1. The summed E-state index contributed by atoms with van der Waals surface area (Å²) in [5.41, 5.74) is 3.08. The van der Waals surface area contributed by atoms with Crippen LogP contribution >= 0.6 is 0 Å². The fourth-order valence-electron chi connectivity index (χ4n) is 3.35. The Kier molecular flexibility index (Phi) is 5.83.